The van der Waals surface area contributed by atoms with Crippen molar-refractivity contribution in [3.8, 4) is 17.1 Å². The predicted molar refractivity (Wildman–Crippen MR) is 122 cm³/mol. The van der Waals surface area contributed by atoms with Gasteiger partial charge in [-0.05, 0) is 93.1 Å². The summed E-state index contributed by atoms with van der Waals surface area (Å²) in [5.74, 6) is 1.58. The van der Waals surface area contributed by atoms with E-state index >= 15 is 0 Å². The summed E-state index contributed by atoms with van der Waals surface area (Å²) < 4.78 is 24.9. The van der Waals surface area contributed by atoms with Gasteiger partial charge in [-0.15, -0.1) is 10.2 Å². The molecule has 0 N–H and O–H groups in total. The largest absolute Gasteiger partial charge is 0.476 e. The van der Waals surface area contributed by atoms with Crippen molar-refractivity contribution in [2.45, 2.75) is 38.5 Å². The Balaban J connectivity index is 1.05. The molecule has 1 saturated carbocycles. The monoisotopic (exact) mass is 459 g/mol. The molecule has 0 atom stereocenters. The van der Waals surface area contributed by atoms with E-state index in [0.717, 1.165) is 19.1 Å². The zero-order chi connectivity index (χ0) is 22.0. The number of benzene rings is 1. The summed E-state index contributed by atoms with van der Waals surface area (Å²) in [6.45, 7) is 6.29. The molecule has 0 radical (unpaired) electrons. The molecule has 3 aliphatic rings. The number of piperidine rings is 1. The number of halogens is 2. The average Bonchev–Trinajstić information content (AvgIpc) is 2.80. The molecule has 1 aliphatic carbocycles. The van der Waals surface area contributed by atoms with Crippen molar-refractivity contribution in [3.63, 3.8) is 0 Å². The Hall–Kier alpha value is -1.76. The maximum absolute atomic E-state index is 13.5. The van der Waals surface area contributed by atoms with Crippen molar-refractivity contribution in [1.82, 2.24) is 15.1 Å². The van der Waals surface area contributed by atoms with Gasteiger partial charge in [0.1, 0.15) is 5.82 Å². The second-order valence-corrected chi connectivity index (χ2v) is 10.2. The van der Waals surface area contributed by atoms with Crippen LogP contribution in [0.4, 0.5) is 4.39 Å². The van der Waals surface area contributed by atoms with Crippen molar-refractivity contribution in [1.29, 1.82) is 0 Å². The fraction of sp³-hybridized carbons (Fsp3) is 0.600. The molecule has 5 nitrogen and oxygen atoms in total. The van der Waals surface area contributed by atoms with Crippen molar-refractivity contribution in [2.75, 3.05) is 39.5 Å². The standard InChI is InChI=1S/C25H31ClFN3O2/c26-22-2-1-20(27)13-21(22)23-3-4-24(29-28-23)32-17-19-14-25(15-19)7-9-30(10-8-25)16-18-5-11-31-12-6-18/h1-4,13,18-19H,5-12,14-17H2. The molecule has 1 spiro atoms. The molecular formula is C25H31ClFN3O2. The number of aromatic nitrogens is 2. The Morgan fingerprint density at radius 1 is 1.06 bits per heavy atom. The molecule has 2 saturated heterocycles. The number of likely N-dealkylation sites (tertiary alicyclic amines) is 1. The molecule has 0 bridgehead atoms. The van der Waals surface area contributed by atoms with Crippen LogP contribution in [0.1, 0.15) is 38.5 Å². The van der Waals surface area contributed by atoms with Gasteiger partial charge < -0.3 is 14.4 Å². The third-order valence-corrected chi connectivity index (χ3v) is 7.86. The molecule has 1 aromatic heterocycles. The normalized spacial score (nSPS) is 22.1. The summed E-state index contributed by atoms with van der Waals surface area (Å²) in [7, 11) is 0. The Labute approximate surface area is 194 Å². The van der Waals surface area contributed by atoms with Gasteiger partial charge in [-0.25, -0.2) is 4.39 Å². The second kappa shape index (κ2) is 9.62. The summed E-state index contributed by atoms with van der Waals surface area (Å²) in [4.78, 5) is 2.67. The van der Waals surface area contributed by atoms with Gasteiger partial charge in [-0.3, -0.25) is 0 Å². The number of rotatable bonds is 6. The van der Waals surface area contributed by atoms with E-state index in [0.29, 0.717) is 40.1 Å². The van der Waals surface area contributed by atoms with E-state index in [1.54, 1.807) is 12.1 Å². The van der Waals surface area contributed by atoms with Gasteiger partial charge in [-0.2, -0.15) is 0 Å². The van der Waals surface area contributed by atoms with E-state index in [-0.39, 0.29) is 5.82 Å². The lowest BCUT2D eigenvalue weighted by atomic mass is 9.58. The summed E-state index contributed by atoms with van der Waals surface area (Å²) in [6.07, 6.45) is 7.58. The maximum Gasteiger partial charge on any atom is 0.233 e. The molecule has 2 aromatic rings. The SMILES string of the molecule is Fc1ccc(Cl)c(-c2ccc(OCC3CC4(CCN(CC5CCOCC5)CC4)C3)nn2)c1. The van der Waals surface area contributed by atoms with Crippen LogP contribution < -0.4 is 4.74 Å². The van der Waals surface area contributed by atoms with Crippen LogP contribution in [0.5, 0.6) is 5.88 Å². The minimum Gasteiger partial charge on any atom is -0.476 e. The van der Waals surface area contributed by atoms with E-state index in [2.05, 4.69) is 15.1 Å². The molecular weight excluding hydrogens is 429 g/mol. The van der Waals surface area contributed by atoms with E-state index in [1.807, 2.05) is 0 Å². The van der Waals surface area contributed by atoms with Gasteiger partial charge in [0.15, 0.2) is 0 Å². The van der Waals surface area contributed by atoms with Crippen LogP contribution in [0.2, 0.25) is 5.02 Å². The molecule has 32 heavy (non-hydrogen) atoms. The minimum atomic E-state index is -0.347. The first-order valence-electron chi connectivity index (χ1n) is 11.8. The first kappa shape index (κ1) is 22.1. The van der Waals surface area contributed by atoms with Crippen molar-refractivity contribution in [3.05, 3.63) is 41.2 Å². The first-order chi connectivity index (χ1) is 15.6. The first-order valence-corrected chi connectivity index (χ1v) is 12.2. The van der Waals surface area contributed by atoms with Gasteiger partial charge in [0.25, 0.3) is 0 Å². The van der Waals surface area contributed by atoms with Crippen LogP contribution in [0.3, 0.4) is 0 Å². The molecule has 3 heterocycles. The summed E-state index contributed by atoms with van der Waals surface area (Å²) in [6, 6.07) is 7.79. The highest BCUT2D eigenvalue weighted by Crippen LogP contribution is 2.52. The van der Waals surface area contributed by atoms with Crippen LogP contribution in [0, 0.1) is 23.1 Å². The number of nitrogens with zero attached hydrogens (tertiary/aromatic N) is 3. The lowest BCUT2D eigenvalue weighted by Crippen LogP contribution is -2.49. The lowest BCUT2D eigenvalue weighted by molar-refractivity contribution is -0.0368. The number of ether oxygens (including phenoxy) is 2. The summed E-state index contributed by atoms with van der Waals surface area (Å²) >= 11 is 6.15. The Bertz CT molecular complexity index is 904. The fourth-order valence-corrected chi connectivity index (χ4v) is 5.85. The lowest BCUT2D eigenvalue weighted by Gasteiger charge is -2.52. The fourth-order valence-electron chi connectivity index (χ4n) is 5.63. The van der Waals surface area contributed by atoms with Crippen LogP contribution >= 0.6 is 11.6 Å². The van der Waals surface area contributed by atoms with Gasteiger partial charge in [0, 0.05) is 31.4 Å². The zero-order valence-electron chi connectivity index (χ0n) is 18.4. The van der Waals surface area contributed by atoms with Crippen LogP contribution in [0.15, 0.2) is 30.3 Å². The number of hydrogen-bond acceptors (Lipinski definition) is 5. The van der Waals surface area contributed by atoms with Gasteiger partial charge in [0.05, 0.1) is 17.3 Å². The number of hydrogen-bond donors (Lipinski definition) is 0. The highest BCUT2D eigenvalue weighted by Gasteiger charge is 2.46. The summed E-state index contributed by atoms with van der Waals surface area (Å²) in [5.41, 5.74) is 1.61. The molecule has 0 unspecified atom stereocenters. The van der Waals surface area contributed by atoms with Crippen LogP contribution in [-0.2, 0) is 4.74 Å². The molecule has 7 heteroatoms. The van der Waals surface area contributed by atoms with Crippen molar-refractivity contribution in [2.24, 2.45) is 17.3 Å². The minimum absolute atomic E-state index is 0.347. The predicted octanol–water partition coefficient (Wildman–Crippen LogP) is 5.23. The van der Waals surface area contributed by atoms with Crippen molar-refractivity contribution >= 4 is 11.6 Å². The molecule has 172 valence electrons. The Morgan fingerprint density at radius 2 is 1.84 bits per heavy atom. The quantitative estimate of drug-likeness (QED) is 0.591. The topological polar surface area (TPSA) is 47.5 Å². The Morgan fingerprint density at radius 3 is 2.56 bits per heavy atom. The van der Waals surface area contributed by atoms with E-state index in [4.69, 9.17) is 21.1 Å². The Kier molecular flexibility index (Phi) is 6.63. The van der Waals surface area contributed by atoms with E-state index in [1.165, 1.54) is 76.4 Å². The zero-order valence-corrected chi connectivity index (χ0v) is 19.2. The van der Waals surface area contributed by atoms with Gasteiger partial charge >= 0.3 is 0 Å². The highest BCUT2D eigenvalue weighted by atomic mass is 35.5. The molecule has 0 amide bonds. The molecule has 2 aliphatic heterocycles. The third-order valence-electron chi connectivity index (χ3n) is 7.53. The van der Waals surface area contributed by atoms with Gasteiger partial charge in [0.2, 0.25) is 5.88 Å². The summed E-state index contributed by atoms with van der Waals surface area (Å²) in [5, 5.41) is 8.78. The van der Waals surface area contributed by atoms with Crippen molar-refractivity contribution < 1.29 is 13.9 Å². The molecule has 3 fully saturated rings. The average molecular weight is 460 g/mol. The molecule has 1 aromatic carbocycles. The smallest absolute Gasteiger partial charge is 0.233 e. The van der Waals surface area contributed by atoms with E-state index in [9.17, 15) is 4.39 Å². The maximum atomic E-state index is 13.5. The third kappa shape index (κ3) is 5.08. The van der Waals surface area contributed by atoms with Gasteiger partial charge in [-0.1, -0.05) is 11.6 Å². The second-order valence-electron chi connectivity index (χ2n) is 9.82. The van der Waals surface area contributed by atoms with Crippen LogP contribution in [0.25, 0.3) is 11.3 Å². The van der Waals surface area contributed by atoms with E-state index < -0.39 is 0 Å². The molecule has 5 rings (SSSR count). The highest BCUT2D eigenvalue weighted by molar-refractivity contribution is 6.33. The van der Waals surface area contributed by atoms with Crippen LogP contribution in [-0.4, -0.2) is 54.6 Å².